The lowest BCUT2D eigenvalue weighted by Crippen LogP contribution is -2.47. The molecule has 1 aliphatic carbocycles. The summed E-state index contributed by atoms with van der Waals surface area (Å²) in [7, 11) is 2.15. The number of ether oxygens (including phenoxy) is 1. The van der Waals surface area contributed by atoms with E-state index < -0.39 is 0 Å². The summed E-state index contributed by atoms with van der Waals surface area (Å²) in [6, 6.07) is 8.65. The molecule has 0 bridgehead atoms. The van der Waals surface area contributed by atoms with Crippen LogP contribution in [0.5, 0.6) is 0 Å². The molecule has 2 aromatic rings. The first-order valence-electron chi connectivity index (χ1n) is 11.8. The minimum atomic E-state index is -0.329. The molecular weight excluding hydrogens is 440 g/mol. The number of aromatic amines is 1. The third-order valence-electron chi connectivity index (χ3n) is 6.10. The normalized spacial score (nSPS) is 17.8. The highest BCUT2D eigenvalue weighted by molar-refractivity contribution is 5.99. The van der Waals surface area contributed by atoms with Gasteiger partial charge in [-0.05, 0) is 57.0 Å². The second-order valence-corrected chi connectivity index (χ2v) is 8.61. The molecule has 0 saturated carbocycles. The van der Waals surface area contributed by atoms with Crippen molar-refractivity contribution in [1.29, 1.82) is 5.26 Å². The van der Waals surface area contributed by atoms with Crippen LogP contribution in [0, 0.1) is 17.2 Å². The van der Waals surface area contributed by atoms with Crippen LogP contribution >= 0.6 is 0 Å². The summed E-state index contributed by atoms with van der Waals surface area (Å²) in [4.78, 5) is 30.3. The first-order chi connectivity index (χ1) is 16.7. The van der Waals surface area contributed by atoms with Gasteiger partial charge in [-0.15, -0.1) is 0 Å². The van der Waals surface area contributed by atoms with Gasteiger partial charge in [0, 0.05) is 55.3 Å². The van der Waals surface area contributed by atoms with Gasteiger partial charge in [-0.1, -0.05) is 31.4 Å². The van der Waals surface area contributed by atoms with Crippen molar-refractivity contribution in [3.63, 3.8) is 0 Å². The van der Waals surface area contributed by atoms with Crippen LogP contribution in [0.15, 0.2) is 55.5 Å². The second-order valence-electron chi connectivity index (χ2n) is 8.61. The molecule has 0 radical (unpaired) electrons. The number of nitriles is 1. The minimum absolute atomic E-state index is 0.0445. The Hall–Kier alpha value is -3.63. The number of likely N-dealkylation sites (N-methyl/N-ethyl adjacent to an activating group) is 1. The number of nitrogens with one attached hydrogen (secondary N) is 1. The predicted molar refractivity (Wildman–Crippen MR) is 140 cm³/mol. The topological polar surface area (TPSA) is 89.4 Å². The zero-order valence-corrected chi connectivity index (χ0v) is 21.4. The van der Waals surface area contributed by atoms with E-state index in [-0.39, 0.29) is 17.8 Å². The fourth-order valence-electron chi connectivity index (χ4n) is 4.49. The smallest absolute Gasteiger partial charge is 0.307 e. The molecule has 35 heavy (non-hydrogen) atoms. The van der Waals surface area contributed by atoms with E-state index in [1.54, 1.807) is 6.92 Å². The van der Waals surface area contributed by atoms with Crippen molar-refractivity contribution in [3.8, 4) is 6.07 Å². The lowest BCUT2D eigenvalue weighted by atomic mass is 9.79. The van der Waals surface area contributed by atoms with Crippen LogP contribution in [0.25, 0.3) is 16.5 Å². The van der Waals surface area contributed by atoms with Crippen molar-refractivity contribution in [2.75, 3.05) is 26.7 Å². The summed E-state index contributed by atoms with van der Waals surface area (Å²) in [5.74, 6) is -0.119. The molecule has 1 aromatic carbocycles. The fourth-order valence-corrected chi connectivity index (χ4v) is 4.49. The number of amides is 1. The summed E-state index contributed by atoms with van der Waals surface area (Å²) in [5, 5.41) is 9.13. The lowest BCUT2D eigenvalue weighted by Gasteiger charge is -2.40. The molecule has 1 aromatic heterocycles. The summed E-state index contributed by atoms with van der Waals surface area (Å²) in [5.41, 5.74) is 5.77. The van der Waals surface area contributed by atoms with E-state index in [1.807, 2.05) is 11.0 Å². The van der Waals surface area contributed by atoms with Crippen LogP contribution in [0.2, 0.25) is 0 Å². The molecule has 1 amide bonds. The van der Waals surface area contributed by atoms with Crippen LogP contribution in [0.3, 0.4) is 0 Å². The number of aromatic nitrogens is 1. The molecular formula is C28H36N4O3. The van der Waals surface area contributed by atoms with Gasteiger partial charge in [0.25, 0.3) is 0 Å². The zero-order valence-electron chi connectivity index (χ0n) is 21.4. The van der Waals surface area contributed by atoms with E-state index in [1.165, 1.54) is 34.5 Å². The van der Waals surface area contributed by atoms with E-state index in [2.05, 4.69) is 79.1 Å². The quantitative estimate of drug-likeness (QED) is 0.393. The molecule has 0 unspecified atom stereocenters. The van der Waals surface area contributed by atoms with Gasteiger partial charge in [0.2, 0.25) is 5.91 Å². The molecule has 0 fully saturated rings. The molecule has 7 heteroatoms. The molecule has 4 rings (SSSR count). The molecule has 0 saturated heterocycles. The van der Waals surface area contributed by atoms with Crippen LogP contribution in [-0.4, -0.2) is 59.4 Å². The number of allylic oxidation sites excluding steroid dienone is 1. The Labute approximate surface area is 208 Å². The second kappa shape index (κ2) is 12.7. The number of hydrogen-bond donors (Lipinski definition) is 1. The zero-order chi connectivity index (χ0) is 26.1. The number of hydrogen-bond acceptors (Lipinski definition) is 5. The van der Waals surface area contributed by atoms with Gasteiger partial charge in [0.15, 0.2) is 0 Å². The van der Waals surface area contributed by atoms with E-state index in [9.17, 15) is 9.59 Å². The van der Waals surface area contributed by atoms with Gasteiger partial charge in [0.05, 0.1) is 18.2 Å². The number of esters is 1. The summed E-state index contributed by atoms with van der Waals surface area (Å²) < 4.78 is 4.17. The number of fused-ring (bicyclic) bond motifs is 2. The average molecular weight is 477 g/mol. The SMILES string of the molecule is C=C(C)C#N.C=COC(C)=O.CCN(CC)C(=O)[C@@H]1C=C2c3cccc4[nH]cc(c34)C[C@H]2N(C)C1. The van der Waals surface area contributed by atoms with E-state index in [4.69, 9.17) is 5.26 Å². The number of benzene rings is 1. The van der Waals surface area contributed by atoms with E-state index >= 15 is 0 Å². The maximum Gasteiger partial charge on any atom is 0.307 e. The monoisotopic (exact) mass is 476 g/mol. The summed E-state index contributed by atoms with van der Waals surface area (Å²) >= 11 is 0. The number of H-pyrrole nitrogens is 1. The summed E-state index contributed by atoms with van der Waals surface area (Å²) in [6.07, 6.45) is 6.51. The highest BCUT2D eigenvalue weighted by Gasteiger charge is 2.36. The van der Waals surface area contributed by atoms with Crippen molar-refractivity contribution < 1.29 is 14.3 Å². The van der Waals surface area contributed by atoms with Gasteiger partial charge < -0.3 is 14.6 Å². The first kappa shape index (κ1) is 27.6. The van der Waals surface area contributed by atoms with Gasteiger partial charge in [-0.3, -0.25) is 14.5 Å². The predicted octanol–water partition coefficient (Wildman–Crippen LogP) is 4.69. The van der Waals surface area contributed by atoms with Crippen LogP contribution in [0.1, 0.15) is 38.8 Å². The Morgan fingerprint density at radius 1 is 1.31 bits per heavy atom. The molecule has 7 nitrogen and oxygen atoms in total. The van der Waals surface area contributed by atoms with Crippen LogP contribution in [0.4, 0.5) is 0 Å². The Kier molecular flexibility index (Phi) is 10.0. The molecule has 0 spiro atoms. The standard InChI is InChI=1S/C20H25N3O.C4H5N.C4H6O2/c1-4-23(5-2)20(24)14-9-16-15-7-6-8-17-19(15)13(11-21-17)10-18(16)22(3)12-14;1-4(2)3-5;1-3-6-4(2)5/h6-9,11,14,18,21H,4-5,10,12H2,1-3H3;1H2,2H3;3H,1H2,2H3/t14-,18-;;/m1../s1. The Morgan fingerprint density at radius 3 is 2.49 bits per heavy atom. The lowest BCUT2D eigenvalue weighted by molar-refractivity contribution is -0.135. The first-order valence-corrected chi connectivity index (χ1v) is 11.8. The van der Waals surface area contributed by atoms with Crippen LogP contribution < -0.4 is 0 Å². The van der Waals surface area contributed by atoms with Gasteiger partial charge in [0.1, 0.15) is 0 Å². The number of carbonyl (C=O) groups excluding carboxylic acids is 2. The fraction of sp³-hybridized carbons (Fsp3) is 0.393. The largest absolute Gasteiger partial charge is 0.435 e. The summed E-state index contributed by atoms with van der Waals surface area (Å²) in [6.45, 7) is 15.9. The molecule has 1 N–H and O–H groups in total. The van der Waals surface area contributed by atoms with Crippen molar-refractivity contribution in [2.45, 2.75) is 40.2 Å². The Morgan fingerprint density at radius 2 is 1.97 bits per heavy atom. The molecule has 2 atom stereocenters. The number of rotatable bonds is 4. The van der Waals surface area contributed by atoms with Crippen molar-refractivity contribution >= 4 is 28.4 Å². The van der Waals surface area contributed by atoms with Crippen molar-refractivity contribution in [3.05, 3.63) is 66.6 Å². The van der Waals surface area contributed by atoms with Crippen LogP contribution in [-0.2, 0) is 20.7 Å². The third-order valence-corrected chi connectivity index (χ3v) is 6.10. The highest BCUT2D eigenvalue weighted by Crippen LogP contribution is 2.40. The highest BCUT2D eigenvalue weighted by atomic mass is 16.5. The molecule has 1 aliphatic heterocycles. The average Bonchev–Trinajstić information content (AvgIpc) is 3.25. The maximum atomic E-state index is 12.9. The van der Waals surface area contributed by atoms with Crippen molar-refractivity contribution in [2.24, 2.45) is 5.92 Å². The molecule has 2 aliphatic rings. The van der Waals surface area contributed by atoms with Gasteiger partial charge in [-0.2, -0.15) is 5.26 Å². The third kappa shape index (κ3) is 6.71. The molecule has 2 heterocycles. The molecule has 186 valence electrons. The van der Waals surface area contributed by atoms with E-state index in [0.717, 1.165) is 32.3 Å². The van der Waals surface area contributed by atoms with Crippen molar-refractivity contribution in [1.82, 2.24) is 14.8 Å². The Balaban J connectivity index is 0.000000331. The van der Waals surface area contributed by atoms with E-state index in [0.29, 0.717) is 11.6 Å². The number of carbonyl (C=O) groups is 2. The van der Waals surface area contributed by atoms with Gasteiger partial charge >= 0.3 is 5.97 Å². The Bertz CT molecular complexity index is 1150. The maximum absolute atomic E-state index is 12.9. The minimum Gasteiger partial charge on any atom is -0.435 e. The van der Waals surface area contributed by atoms with Gasteiger partial charge in [-0.25, -0.2) is 0 Å². The number of nitrogens with zero attached hydrogens (tertiary/aromatic N) is 3.